The van der Waals surface area contributed by atoms with Crippen molar-refractivity contribution in [2.24, 2.45) is 0 Å². The highest BCUT2D eigenvalue weighted by molar-refractivity contribution is 7.98. The van der Waals surface area contributed by atoms with Gasteiger partial charge in [-0.25, -0.2) is 8.42 Å². The van der Waals surface area contributed by atoms with Crippen LogP contribution in [0, 0.1) is 0 Å². The van der Waals surface area contributed by atoms with Crippen LogP contribution in [0.2, 0.25) is 10.0 Å². The molecule has 3 rings (SSSR count). The lowest BCUT2D eigenvalue weighted by molar-refractivity contribution is -0.119. The van der Waals surface area contributed by atoms with Gasteiger partial charge in [0.05, 0.1) is 20.6 Å². The summed E-state index contributed by atoms with van der Waals surface area (Å²) in [6.07, 6.45) is 0. The van der Waals surface area contributed by atoms with Gasteiger partial charge in [0.1, 0.15) is 6.54 Å². The summed E-state index contributed by atoms with van der Waals surface area (Å²) in [7, 11) is -4.04. The summed E-state index contributed by atoms with van der Waals surface area (Å²) < 4.78 is 27.6. The molecule has 0 saturated heterocycles. The molecule has 0 bridgehead atoms. The number of thioether (sulfide) groups is 1. The summed E-state index contributed by atoms with van der Waals surface area (Å²) in [6, 6.07) is 22.6. The number of nitrogens with zero attached hydrogens (tertiary/aromatic N) is 1. The highest BCUT2D eigenvalue weighted by Gasteiger charge is 2.29. The van der Waals surface area contributed by atoms with Crippen molar-refractivity contribution in [1.29, 1.82) is 0 Å². The highest BCUT2D eigenvalue weighted by atomic mass is 35.5. The molecule has 0 aliphatic carbocycles. The zero-order valence-electron chi connectivity index (χ0n) is 17.1. The van der Waals surface area contributed by atoms with E-state index in [4.69, 9.17) is 23.2 Å². The third-order valence-corrected chi connectivity index (χ3v) is 8.11. The monoisotopic (exact) mass is 508 g/mol. The van der Waals surface area contributed by atoms with E-state index in [9.17, 15) is 13.2 Å². The first kappa shape index (κ1) is 24.5. The number of carbonyl (C=O) groups is 1. The molecule has 0 saturated carbocycles. The van der Waals surface area contributed by atoms with Gasteiger partial charge in [-0.2, -0.15) is 11.8 Å². The fourth-order valence-corrected chi connectivity index (χ4v) is 5.64. The molecule has 1 N–H and O–H groups in total. The largest absolute Gasteiger partial charge is 0.354 e. The predicted molar refractivity (Wildman–Crippen MR) is 133 cm³/mol. The number of carbonyl (C=O) groups excluding carboxylic acids is 1. The van der Waals surface area contributed by atoms with Gasteiger partial charge in [0.15, 0.2) is 0 Å². The van der Waals surface area contributed by atoms with Crippen molar-refractivity contribution < 1.29 is 13.2 Å². The summed E-state index contributed by atoms with van der Waals surface area (Å²) in [4.78, 5) is 12.7. The van der Waals surface area contributed by atoms with E-state index in [1.807, 2.05) is 30.3 Å². The van der Waals surface area contributed by atoms with Gasteiger partial charge in [0.2, 0.25) is 5.91 Å². The third kappa shape index (κ3) is 6.42. The van der Waals surface area contributed by atoms with Crippen LogP contribution in [0.4, 0.5) is 5.69 Å². The van der Waals surface area contributed by atoms with Crippen LogP contribution in [0.1, 0.15) is 5.56 Å². The first-order valence-electron chi connectivity index (χ1n) is 9.80. The molecular formula is C23H22Cl2N2O3S2. The van der Waals surface area contributed by atoms with E-state index in [1.54, 1.807) is 42.1 Å². The topological polar surface area (TPSA) is 66.5 Å². The van der Waals surface area contributed by atoms with Gasteiger partial charge in [-0.3, -0.25) is 9.10 Å². The number of hydrogen-bond acceptors (Lipinski definition) is 4. The second-order valence-electron chi connectivity index (χ2n) is 6.79. The Bertz CT molecular complexity index is 1140. The SMILES string of the molecule is O=C(CN(c1cccc(Cl)c1Cl)S(=O)(=O)c1ccccc1)NCCSCc1ccccc1. The van der Waals surface area contributed by atoms with Gasteiger partial charge >= 0.3 is 0 Å². The van der Waals surface area contributed by atoms with E-state index in [1.165, 1.54) is 23.8 Å². The number of sulfonamides is 1. The first-order chi connectivity index (χ1) is 15.4. The molecule has 3 aromatic carbocycles. The molecule has 3 aromatic rings. The fraction of sp³-hybridized carbons (Fsp3) is 0.174. The average Bonchev–Trinajstić information content (AvgIpc) is 2.80. The molecule has 1 amide bonds. The predicted octanol–water partition coefficient (Wildman–Crippen LogP) is 5.24. The van der Waals surface area contributed by atoms with Crippen LogP contribution >= 0.6 is 35.0 Å². The zero-order valence-corrected chi connectivity index (χ0v) is 20.2. The number of halogens is 2. The lowest BCUT2D eigenvalue weighted by Gasteiger charge is -2.25. The Morgan fingerprint density at radius 2 is 1.56 bits per heavy atom. The lowest BCUT2D eigenvalue weighted by atomic mass is 10.2. The number of nitrogens with one attached hydrogen (secondary N) is 1. The van der Waals surface area contributed by atoms with E-state index in [0.29, 0.717) is 12.3 Å². The Labute approximate surface area is 202 Å². The minimum absolute atomic E-state index is 0.0576. The molecule has 0 aromatic heterocycles. The van der Waals surface area contributed by atoms with Crippen LogP contribution in [0.15, 0.2) is 83.8 Å². The van der Waals surface area contributed by atoms with E-state index in [2.05, 4.69) is 5.32 Å². The van der Waals surface area contributed by atoms with Crippen molar-refractivity contribution in [2.45, 2.75) is 10.6 Å². The third-order valence-electron chi connectivity index (χ3n) is 4.50. The van der Waals surface area contributed by atoms with Crippen molar-refractivity contribution in [3.8, 4) is 0 Å². The molecule has 168 valence electrons. The summed E-state index contributed by atoms with van der Waals surface area (Å²) in [5.41, 5.74) is 1.36. The van der Waals surface area contributed by atoms with Gasteiger partial charge in [-0.1, -0.05) is 77.8 Å². The second-order valence-corrected chi connectivity index (χ2v) is 10.5. The van der Waals surface area contributed by atoms with Crippen LogP contribution < -0.4 is 9.62 Å². The van der Waals surface area contributed by atoms with Gasteiger partial charge in [-0.05, 0) is 29.8 Å². The molecule has 9 heteroatoms. The molecule has 5 nitrogen and oxygen atoms in total. The number of benzene rings is 3. The van der Waals surface area contributed by atoms with Gasteiger partial charge in [0, 0.05) is 18.1 Å². The number of rotatable bonds is 10. The van der Waals surface area contributed by atoms with Crippen LogP contribution in [0.25, 0.3) is 0 Å². The maximum atomic E-state index is 13.3. The Balaban J connectivity index is 1.69. The summed E-state index contributed by atoms with van der Waals surface area (Å²) in [5.74, 6) is 1.11. The standard InChI is InChI=1S/C23H22Cl2N2O3S2/c24-20-12-7-13-21(23(20)25)27(32(29,30)19-10-5-2-6-11-19)16-22(28)26-14-15-31-17-18-8-3-1-4-9-18/h1-13H,14-17H2,(H,26,28). The lowest BCUT2D eigenvalue weighted by Crippen LogP contribution is -2.41. The number of amides is 1. The quantitative estimate of drug-likeness (QED) is 0.380. The Kier molecular flexibility index (Phi) is 8.87. The first-order valence-corrected chi connectivity index (χ1v) is 13.1. The minimum Gasteiger partial charge on any atom is -0.354 e. The van der Waals surface area contributed by atoms with Crippen molar-refractivity contribution in [3.05, 3.63) is 94.5 Å². The molecule has 0 radical (unpaired) electrons. The van der Waals surface area contributed by atoms with E-state index in [0.717, 1.165) is 10.1 Å². The number of anilines is 1. The highest BCUT2D eigenvalue weighted by Crippen LogP contribution is 2.35. The molecule has 0 atom stereocenters. The van der Waals surface area contributed by atoms with Gasteiger partial charge in [0.25, 0.3) is 10.0 Å². The molecule has 0 aliphatic heterocycles. The Morgan fingerprint density at radius 3 is 2.25 bits per heavy atom. The van der Waals surface area contributed by atoms with Crippen LogP contribution in [-0.4, -0.2) is 33.2 Å². The molecular weight excluding hydrogens is 487 g/mol. The molecule has 0 heterocycles. The van der Waals surface area contributed by atoms with Crippen molar-refractivity contribution in [1.82, 2.24) is 5.32 Å². The Hall–Kier alpha value is -2.19. The van der Waals surface area contributed by atoms with E-state index >= 15 is 0 Å². The van der Waals surface area contributed by atoms with Crippen LogP contribution in [0.3, 0.4) is 0 Å². The molecule has 0 aliphatic rings. The van der Waals surface area contributed by atoms with Crippen LogP contribution in [0.5, 0.6) is 0 Å². The van der Waals surface area contributed by atoms with Gasteiger partial charge in [-0.15, -0.1) is 0 Å². The summed E-state index contributed by atoms with van der Waals surface area (Å²) >= 11 is 14.1. The fourth-order valence-electron chi connectivity index (χ4n) is 2.92. The maximum absolute atomic E-state index is 13.3. The van der Waals surface area contributed by atoms with Crippen molar-refractivity contribution in [3.63, 3.8) is 0 Å². The summed E-state index contributed by atoms with van der Waals surface area (Å²) in [5, 5.41) is 3.06. The van der Waals surface area contributed by atoms with Crippen molar-refractivity contribution >= 4 is 56.6 Å². The van der Waals surface area contributed by atoms with Gasteiger partial charge < -0.3 is 5.32 Å². The maximum Gasteiger partial charge on any atom is 0.264 e. The Morgan fingerprint density at radius 1 is 0.906 bits per heavy atom. The minimum atomic E-state index is -4.04. The van der Waals surface area contributed by atoms with Crippen LogP contribution in [-0.2, 0) is 20.6 Å². The van der Waals surface area contributed by atoms with Crippen molar-refractivity contribution in [2.75, 3.05) is 23.1 Å². The molecule has 0 fully saturated rings. The molecule has 0 unspecified atom stereocenters. The smallest absolute Gasteiger partial charge is 0.264 e. The average molecular weight is 509 g/mol. The number of hydrogen-bond donors (Lipinski definition) is 1. The zero-order chi connectivity index (χ0) is 23.0. The molecule has 0 spiro atoms. The summed E-state index contributed by atoms with van der Waals surface area (Å²) in [6.45, 7) is -0.000518. The molecule has 32 heavy (non-hydrogen) atoms. The van der Waals surface area contributed by atoms with E-state index in [-0.39, 0.29) is 20.6 Å². The normalized spacial score (nSPS) is 11.2. The second kappa shape index (κ2) is 11.6. The van der Waals surface area contributed by atoms with E-state index < -0.39 is 22.5 Å².